The molecule has 1 aliphatic carbocycles. The normalized spacial score (nSPS) is 25.9. The number of ketones is 1. The van der Waals surface area contributed by atoms with Crippen molar-refractivity contribution in [3.8, 4) is 5.75 Å². The van der Waals surface area contributed by atoms with E-state index in [0.717, 1.165) is 56.1 Å². The number of aryl methyl sites for hydroxylation is 1. The molecule has 0 unspecified atom stereocenters. The van der Waals surface area contributed by atoms with Gasteiger partial charge in [0.2, 0.25) is 0 Å². The fourth-order valence-electron chi connectivity index (χ4n) is 6.16. The van der Waals surface area contributed by atoms with Gasteiger partial charge in [-0.25, -0.2) is 0 Å². The minimum Gasteiger partial charge on any atom is -0.486 e. The highest BCUT2D eigenvalue weighted by Crippen LogP contribution is 2.45. The molecule has 2 atom stereocenters. The molecule has 1 saturated carbocycles. The minimum atomic E-state index is -0.357. The number of piperidine rings is 1. The van der Waals surface area contributed by atoms with Gasteiger partial charge >= 0.3 is 0 Å². The molecule has 3 aliphatic rings. The Morgan fingerprint density at radius 2 is 1.74 bits per heavy atom. The van der Waals surface area contributed by atoms with Crippen LogP contribution in [-0.4, -0.2) is 35.3 Å². The van der Waals surface area contributed by atoms with Crippen LogP contribution in [0.4, 0.5) is 0 Å². The molecule has 5 nitrogen and oxygen atoms in total. The van der Waals surface area contributed by atoms with Crippen LogP contribution in [0.5, 0.6) is 5.75 Å². The van der Waals surface area contributed by atoms with Crippen LogP contribution in [0.25, 0.3) is 11.0 Å². The lowest BCUT2D eigenvalue weighted by Gasteiger charge is -2.37. The number of nitrogens with zero attached hydrogens (tertiary/aromatic N) is 1. The highest BCUT2D eigenvalue weighted by molar-refractivity contribution is 6.13. The molecule has 2 aromatic rings. The molecule has 166 valence electrons. The van der Waals surface area contributed by atoms with Crippen LogP contribution in [0.3, 0.4) is 0 Å². The fraction of sp³-hybridized carbons (Fsp3) is 0.615. The standard InChI is InChI=1S/C26H33NO4/c1-16-12-17(2)15-27(14-16)25(29)24-18(3)22-20(30-24)8-9-21-23(22)19(28)13-26(31-21)10-6-4-5-7-11-26/h8-9,16-17H,4-7,10-15H2,1-3H3/t16-,17+. The van der Waals surface area contributed by atoms with E-state index in [1.807, 2.05) is 24.0 Å². The topological polar surface area (TPSA) is 59.8 Å². The monoisotopic (exact) mass is 423 g/mol. The molecule has 31 heavy (non-hydrogen) atoms. The van der Waals surface area contributed by atoms with Gasteiger partial charge in [0.15, 0.2) is 11.5 Å². The number of carbonyl (C=O) groups is 2. The van der Waals surface area contributed by atoms with Crippen molar-refractivity contribution in [3.05, 3.63) is 29.0 Å². The number of amides is 1. The first-order chi connectivity index (χ1) is 14.9. The minimum absolute atomic E-state index is 0.0646. The summed E-state index contributed by atoms with van der Waals surface area (Å²) in [5.74, 6) is 2.05. The zero-order valence-electron chi connectivity index (χ0n) is 19.0. The summed E-state index contributed by atoms with van der Waals surface area (Å²) in [7, 11) is 0. The Hall–Kier alpha value is -2.30. The number of rotatable bonds is 1. The molecule has 2 aliphatic heterocycles. The largest absolute Gasteiger partial charge is 0.486 e. The van der Waals surface area contributed by atoms with Gasteiger partial charge in [-0.15, -0.1) is 0 Å². The van der Waals surface area contributed by atoms with Crippen LogP contribution in [0.2, 0.25) is 0 Å². The Kier molecular flexibility index (Phi) is 5.10. The number of benzene rings is 1. The van der Waals surface area contributed by atoms with Gasteiger partial charge in [-0.2, -0.15) is 0 Å². The maximum absolute atomic E-state index is 13.4. The van der Waals surface area contributed by atoms with E-state index >= 15 is 0 Å². The van der Waals surface area contributed by atoms with Gasteiger partial charge in [0.1, 0.15) is 16.9 Å². The molecular formula is C26H33NO4. The second-order valence-corrected chi connectivity index (χ2v) is 10.3. The Bertz CT molecular complexity index is 1020. The van der Waals surface area contributed by atoms with E-state index in [4.69, 9.17) is 9.15 Å². The van der Waals surface area contributed by atoms with Crippen molar-refractivity contribution >= 4 is 22.7 Å². The molecule has 1 aromatic heterocycles. The number of hydrogen-bond acceptors (Lipinski definition) is 4. The number of carbonyl (C=O) groups excluding carboxylic acids is 2. The van der Waals surface area contributed by atoms with Crippen molar-refractivity contribution in [1.29, 1.82) is 0 Å². The molecule has 1 saturated heterocycles. The summed E-state index contributed by atoms with van der Waals surface area (Å²) in [4.78, 5) is 28.6. The van der Waals surface area contributed by atoms with Gasteiger partial charge in [-0.1, -0.05) is 26.7 Å². The first-order valence-electron chi connectivity index (χ1n) is 11.9. The van der Waals surface area contributed by atoms with E-state index in [2.05, 4.69) is 13.8 Å². The maximum Gasteiger partial charge on any atom is 0.289 e. The molecule has 5 rings (SSSR count). The van der Waals surface area contributed by atoms with Crippen LogP contribution in [0.15, 0.2) is 16.5 Å². The molecule has 1 spiro atoms. The lowest BCUT2D eigenvalue weighted by Crippen LogP contribution is -2.42. The van der Waals surface area contributed by atoms with Crippen LogP contribution in [0.1, 0.15) is 91.7 Å². The van der Waals surface area contributed by atoms with Crippen molar-refractivity contribution in [1.82, 2.24) is 4.90 Å². The van der Waals surface area contributed by atoms with Gasteiger partial charge in [0, 0.05) is 24.0 Å². The third kappa shape index (κ3) is 3.56. The predicted molar refractivity (Wildman–Crippen MR) is 120 cm³/mol. The average molecular weight is 424 g/mol. The first-order valence-corrected chi connectivity index (χ1v) is 11.9. The number of hydrogen-bond donors (Lipinski definition) is 0. The fourth-order valence-corrected chi connectivity index (χ4v) is 6.16. The van der Waals surface area contributed by atoms with Crippen LogP contribution < -0.4 is 4.74 Å². The van der Waals surface area contributed by atoms with E-state index in [1.165, 1.54) is 12.8 Å². The van der Waals surface area contributed by atoms with E-state index in [-0.39, 0.29) is 17.3 Å². The van der Waals surface area contributed by atoms with E-state index < -0.39 is 0 Å². The molecule has 2 fully saturated rings. The molecular weight excluding hydrogens is 390 g/mol. The second kappa shape index (κ2) is 7.68. The van der Waals surface area contributed by atoms with Crippen LogP contribution in [0, 0.1) is 18.8 Å². The van der Waals surface area contributed by atoms with Crippen LogP contribution >= 0.6 is 0 Å². The molecule has 0 bridgehead atoms. The summed E-state index contributed by atoms with van der Waals surface area (Å²) in [6.07, 6.45) is 8.10. The molecule has 5 heteroatoms. The first kappa shape index (κ1) is 20.6. The third-order valence-electron chi connectivity index (χ3n) is 7.51. The summed E-state index contributed by atoms with van der Waals surface area (Å²) >= 11 is 0. The number of furan rings is 1. The zero-order chi connectivity index (χ0) is 21.8. The van der Waals surface area contributed by atoms with Gasteiger partial charge in [-0.05, 0) is 63.0 Å². The van der Waals surface area contributed by atoms with E-state index in [0.29, 0.717) is 40.9 Å². The molecule has 3 heterocycles. The summed E-state index contributed by atoms with van der Waals surface area (Å²) in [5.41, 5.74) is 1.61. The van der Waals surface area contributed by atoms with E-state index in [9.17, 15) is 9.59 Å². The summed E-state index contributed by atoms with van der Waals surface area (Å²) in [6.45, 7) is 7.79. The number of likely N-dealkylation sites (tertiary alicyclic amines) is 1. The maximum atomic E-state index is 13.4. The van der Waals surface area contributed by atoms with Crippen molar-refractivity contribution < 1.29 is 18.7 Å². The van der Waals surface area contributed by atoms with Gasteiger partial charge in [0.25, 0.3) is 5.91 Å². The second-order valence-electron chi connectivity index (χ2n) is 10.3. The summed E-state index contributed by atoms with van der Waals surface area (Å²) in [5, 5.41) is 0.757. The summed E-state index contributed by atoms with van der Waals surface area (Å²) in [6, 6.07) is 3.73. The highest BCUT2D eigenvalue weighted by atomic mass is 16.5. The predicted octanol–water partition coefficient (Wildman–Crippen LogP) is 5.92. The van der Waals surface area contributed by atoms with Gasteiger partial charge in [0.05, 0.1) is 12.0 Å². The molecule has 1 aromatic carbocycles. The Morgan fingerprint density at radius 1 is 1.06 bits per heavy atom. The number of ether oxygens (including phenoxy) is 1. The lowest BCUT2D eigenvalue weighted by atomic mass is 9.83. The van der Waals surface area contributed by atoms with Crippen molar-refractivity contribution in [2.75, 3.05) is 13.1 Å². The summed E-state index contributed by atoms with van der Waals surface area (Å²) < 4.78 is 12.6. The zero-order valence-corrected chi connectivity index (χ0v) is 19.0. The third-order valence-corrected chi connectivity index (χ3v) is 7.51. The Morgan fingerprint density at radius 3 is 2.42 bits per heavy atom. The van der Waals surface area contributed by atoms with Crippen molar-refractivity contribution in [2.24, 2.45) is 11.8 Å². The molecule has 0 N–H and O–H groups in total. The number of fused-ring (bicyclic) bond motifs is 3. The lowest BCUT2D eigenvalue weighted by molar-refractivity contribution is 0.0301. The quantitative estimate of drug-likeness (QED) is 0.571. The van der Waals surface area contributed by atoms with Crippen molar-refractivity contribution in [3.63, 3.8) is 0 Å². The SMILES string of the molecule is Cc1c(C(=O)N2C[C@H](C)C[C@H](C)C2)oc2ccc3c(c12)C(=O)CC1(CCCCCC1)O3. The molecule has 0 radical (unpaired) electrons. The smallest absolute Gasteiger partial charge is 0.289 e. The van der Waals surface area contributed by atoms with E-state index in [1.54, 1.807) is 0 Å². The van der Waals surface area contributed by atoms with Crippen LogP contribution in [-0.2, 0) is 0 Å². The molecule has 1 amide bonds. The van der Waals surface area contributed by atoms with Crippen molar-refractivity contribution in [2.45, 2.75) is 77.7 Å². The average Bonchev–Trinajstić information content (AvgIpc) is 2.89. The van der Waals surface area contributed by atoms with Gasteiger partial charge in [-0.3, -0.25) is 9.59 Å². The highest BCUT2D eigenvalue weighted by Gasteiger charge is 2.42. The Balaban J connectivity index is 1.53. The Labute approximate surface area is 184 Å². The number of Topliss-reactive ketones (excluding diaryl/α,β-unsaturated/α-hetero) is 1. The van der Waals surface area contributed by atoms with Gasteiger partial charge < -0.3 is 14.1 Å².